The van der Waals surface area contributed by atoms with Crippen molar-refractivity contribution in [1.82, 2.24) is 0 Å². The molecule has 0 bridgehead atoms. The topological polar surface area (TPSA) is 9.23 Å². The molecule has 0 aliphatic heterocycles. The molecule has 0 unspecified atom stereocenters. The molecule has 0 aliphatic rings. The van der Waals surface area contributed by atoms with E-state index in [4.69, 9.17) is 16.3 Å². The maximum absolute atomic E-state index is 5.61. The SMILES string of the molecule is CCc1ccc(OCCCCCCl)cc1. The molecule has 0 atom stereocenters. The summed E-state index contributed by atoms with van der Waals surface area (Å²) in [7, 11) is 0. The van der Waals surface area contributed by atoms with E-state index in [9.17, 15) is 0 Å². The third kappa shape index (κ3) is 5.08. The van der Waals surface area contributed by atoms with Gasteiger partial charge in [0.05, 0.1) is 6.61 Å². The number of halogens is 1. The fourth-order valence-corrected chi connectivity index (χ4v) is 1.57. The molecule has 2 heteroatoms. The number of alkyl halides is 1. The van der Waals surface area contributed by atoms with E-state index in [0.29, 0.717) is 0 Å². The zero-order valence-corrected chi connectivity index (χ0v) is 10.1. The van der Waals surface area contributed by atoms with Gasteiger partial charge in [0.25, 0.3) is 0 Å². The highest BCUT2D eigenvalue weighted by atomic mass is 35.5. The summed E-state index contributed by atoms with van der Waals surface area (Å²) in [5.41, 5.74) is 1.35. The van der Waals surface area contributed by atoms with Gasteiger partial charge < -0.3 is 4.74 Å². The van der Waals surface area contributed by atoms with Crippen LogP contribution in [0.5, 0.6) is 5.75 Å². The van der Waals surface area contributed by atoms with Crippen LogP contribution < -0.4 is 4.74 Å². The molecule has 1 rings (SSSR count). The van der Waals surface area contributed by atoms with Gasteiger partial charge in [-0.15, -0.1) is 11.6 Å². The molecule has 1 aromatic carbocycles. The summed E-state index contributed by atoms with van der Waals surface area (Å²) < 4.78 is 5.61. The van der Waals surface area contributed by atoms with Crippen LogP contribution in [0.25, 0.3) is 0 Å². The van der Waals surface area contributed by atoms with E-state index in [1.54, 1.807) is 0 Å². The summed E-state index contributed by atoms with van der Waals surface area (Å²) in [6, 6.07) is 8.32. The predicted octanol–water partition coefficient (Wildman–Crippen LogP) is 4.04. The Balaban J connectivity index is 2.20. The Labute approximate surface area is 97.4 Å². The van der Waals surface area contributed by atoms with Gasteiger partial charge in [0.1, 0.15) is 5.75 Å². The molecule has 1 aromatic rings. The van der Waals surface area contributed by atoms with Crippen molar-refractivity contribution in [2.45, 2.75) is 32.6 Å². The maximum atomic E-state index is 5.61. The van der Waals surface area contributed by atoms with Gasteiger partial charge in [-0.3, -0.25) is 0 Å². The standard InChI is InChI=1S/C13H19ClO/c1-2-12-6-8-13(9-7-12)15-11-5-3-4-10-14/h6-9H,2-5,10-11H2,1H3. The van der Waals surface area contributed by atoms with Crippen molar-refractivity contribution < 1.29 is 4.74 Å². The number of aryl methyl sites for hydroxylation is 1. The van der Waals surface area contributed by atoms with Crippen molar-refractivity contribution in [2.24, 2.45) is 0 Å². The van der Waals surface area contributed by atoms with Crippen LogP contribution in [-0.4, -0.2) is 12.5 Å². The first-order valence-corrected chi connectivity index (χ1v) is 6.18. The number of ether oxygens (including phenoxy) is 1. The molecule has 0 heterocycles. The lowest BCUT2D eigenvalue weighted by molar-refractivity contribution is 0.306. The molecule has 0 saturated heterocycles. The second-order valence-electron chi connectivity index (χ2n) is 3.60. The first-order valence-electron chi connectivity index (χ1n) is 5.64. The second kappa shape index (κ2) is 7.58. The lowest BCUT2D eigenvalue weighted by atomic mass is 10.2. The summed E-state index contributed by atoms with van der Waals surface area (Å²) in [5.74, 6) is 1.73. The average Bonchev–Trinajstić information content (AvgIpc) is 2.30. The van der Waals surface area contributed by atoms with Crippen molar-refractivity contribution in [2.75, 3.05) is 12.5 Å². The zero-order valence-electron chi connectivity index (χ0n) is 9.34. The summed E-state index contributed by atoms with van der Waals surface area (Å²) in [4.78, 5) is 0. The molecule has 0 amide bonds. The third-order valence-corrected chi connectivity index (χ3v) is 2.65. The molecule has 0 saturated carbocycles. The molecule has 0 aliphatic carbocycles. The van der Waals surface area contributed by atoms with E-state index in [-0.39, 0.29) is 0 Å². The van der Waals surface area contributed by atoms with Crippen LogP contribution in [0, 0.1) is 0 Å². The van der Waals surface area contributed by atoms with Crippen LogP contribution in [0.3, 0.4) is 0 Å². The number of benzene rings is 1. The first kappa shape index (κ1) is 12.4. The van der Waals surface area contributed by atoms with Crippen LogP contribution >= 0.6 is 11.6 Å². The van der Waals surface area contributed by atoms with Gasteiger partial charge in [0.2, 0.25) is 0 Å². The fraction of sp³-hybridized carbons (Fsp3) is 0.538. The monoisotopic (exact) mass is 226 g/mol. The number of rotatable bonds is 7. The van der Waals surface area contributed by atoms with Crippen molar-refractivity contribution in [3.8, 4) is 5.75 Å². The summed E-state index contributed by atoms with van der Waals surface area (Å²) in [6.45, 7) is 2.95. The Morgan fingerprint density at radius 2 is 1.80 bits per heavy atom. The molecule has 0 aromatic heterocycles. The van der Waals surface area contributed by atoms with Crippen molar-refractivity contribution in [3.05, 3.63) is 29.8 Å². The molecular formula is C13H19ClO. The van der Waals surface area contributed by atoms with Crippen molar-refractivity contribution in [3.63, 3.8) is 0 Å². The number of unbranched alkanes of at least 4 members (excludes halogenated alkanes) is 2. The minimum atomic E-state index is 0.755. The zero-order chi connectivity index (χ0) is 10.9. The lowest BCUT2D eigenvalue weighted by Gasteiger charge is -2.06. The highest BCUT2D eigenvalue weighted by Crippen LogP contribution is 2.13. The Kier molecular flexibility index (Phi) is 6.26. The Morgan fingerprint density at radius 3 is 2.40 bits per heavy atom. The van der Waals surface area contributed by atoms with E-state index in [1.165, 1.54) is 5.56 Å². The molecule has 0 spiro atoms. The molecule has 0 N–H and O–H groups in total. The van der Waals surface area contributed by atoms with E-state index < -0.39 is 0 Å². The number of hydrogen-bond acceptors (Lipinski definition) is 1. The first-order chi connectivity index (χ1) is 7.36. The van der Waals surface area contributed by atoms with E-state index in [2.05, 4.69) is 19.1 Å². The van der Waals surface area contributed by atoms with Gasteiger partial charge in [0, 0.05) is 5.88 Å². The van der Waals surface area contributed by atoms with Gasteiger partial charge in [-0.25, -0.2) is 0 Å². The predicted molar refractivity (Wildman–Crippen MR) is 65.9 cm³/mol. The molecular weight excluding hydrogens is 208 g/mol. The normalized spacial score (nSPS) is 10.3. The summed E-state index contributed by atoms with van der Waals surface area (Å²) in [5, 5.41) is 0. The lowest BCUT2D eigenvalue weighted by Crippen LogP contribution is -1.97. The highest BCUT2D eigenvalue weighted by molar-refractivity contribution is 6.17. The smallest absolute Gasteiger partial charge is 0.119 e. The van der Waals surface area contributed by atoms with Crippen LogP contribution in [0.2, 0.25) is 0 Å². The largest absolute Gasteiger partial charge is 0.494 e. The highest BCUT2D eigenvalue weighted by Gasteiger charge is 1.94. The van der Waals surface area contributed by atoms with Crippen molar-refractivity contribution in [1.29, 1.82) is 0 Å². The van der Waals surface area contributed by atoms with Crippen LogP contribution in [-0.2, 0) is 6.42 Å². The fourth-order valence-electron chi connectivity index (χ4n) is 1.38. The minimum absolute atomic E-state index is 0.755. The minimum Gasteiger partial charge on any atom is -0.494 e. The van der Waals surface area contributed by atoms with Gasteiger partial charge in [0.15, 0.2) is 0 Å². The van der Waals surface area contributed by atoms with E-state index in [1.807, 2.05) is 12.1 Å². The van der Waals surface area contributed by atoms with Crippen LogP contribution in [0.4, 0.5) is 0 Å². The maximum Gasteiger partial charge on any atom is 0.119 e. The summed E-state index contributed by atoms with van der Waals surface area (Å²) in [6.07, 6.45) is 4.40. The molecule has 15 heavy (non-hydrogen) atoms. The molecule has 0 radical (unpaired) electrons. The Hall–Kier alpha value is -0.690. The van der Waals surface area contributed by atoms with Crippen molar-refractivity contribution >= 4 is 11.6 Å². The average molecular weight is 227 g/mol. The Morgan fingerprint density at radius 1 is 1.07 bits per heavy atom. The van der Waals surface area contributed by atoms with Gasteiger partial charge in [-0.05, 0) is 43.4 Å². The molecule has 84 valence electrons. The van der Waals surface area contributed by atoms with E-state index in [0.717, 1.165) is 43.9 Å². The second-order valence-corrected chi connectivity index (χ2v) is 3.97. The van der Waals surface area contributed by atoms with Gasteiger partial charge in [-0.1, -0.05) is 19.1 Å². The van der Waals surface area contributed by atoms with Gasteiger partial charge >= 0.3 is 0 Å². The van der Waals surface area contributed by atoms with Crippen LogP contribution in [0.15, 0.2) is 24.3 Å². The third-order valence-electron chi connectivity index (χ3n) is 2.38. The molecule has 0 fully saturated rings. The van der Waals surface area contributed by atoms with Crippen LogP contribution in [0.1, 0.15) is 31.7 Å². The van der Waals surface area contributed by atoms with Gasteiger partial charge in [-0.2, -0.15) is 0 Å². The summed E-state index contributed by atoms with van der Waals surface area (Å²) >= 11 is 5.59. The Bertz CT molecular complexity index is 256. The quantitative estimate of drug-likeness (QED) is 0.504. The number of hydrogen-bond donors (Lipinski definition) is 0. The van der Waals surface area contributed by atoms with E-state index >= 15 is 0 Å². The molecule has 1 nitrogen and oxygen atoms in total.